The van der Waals surface area contributed by atoms with Gasteiger partial charge in [-0.3, -0.25) is 9.59 Å². The normalized spacial score (nSPS) is 47.1. The second-order valence-electron chi connectivity index (χ2n) is 5.96. The maximum absolute atomic E-state index is 12.3. The van der Waals surface area contributed by atoms with Gasteiger partial charge in [-0.2, -0.15) is 0 Å². The molecule has 4 atom stereocenters. The summed E-state index contributed by atoms with van der Waals surface area (Å²) in [5.74, 6) is 1.58. The van der Waals surface area contributed by atoms with Gasteiger partial charge in [0.2, 0.25) is 0 Å². The third-order valence-electron chi connectivity index (χ3n) is 5.19. The van der Waals surface area contributed by atoms with Crippen molar-refractivity contribution >= 4 is 11.6 Å². The van der Waals surface area contributed by atoms with Crippen LogP contribution in [0.5, 0.6) is 0 Å². The van der Waals surface area contributed by atoms with E-state index in [2.05, 4.69) is 13.5 Å². The van der Waals surface area contributed by atoms with Crippen molar-refractivity contribution in [2.45, 2.75) is 39.0 Å². The monoisotopic (exact) mass is 218 g/mol. The van der Waals surface area contributed by atoms with Crippen LogP contribution in [-0.4, -0.2) is 11.6 Å². The number of fused-ring (bicyclic) bond motifs is 1. The highest BCUT2D eigenvalue weighted by atomic mass is 16.1. The summed E-state index contributed by atoms with van der Waals surface area (Å²) in [5, 5.41) is 0. The molecule has 0 saturated heterocycles. The van der Waals surface area contributed by atoms with Crippen LogP contribution in [-0.2, 0) is 9.59 Å². The van der Waals surface area contributed by atoms with Gasteiger partial charge in [-0.1, -0.05) is 19.1 Å². The van der Waals surface area contributed by atoms with E-state index in [9.17, 15) is 9.59 Å². The molecule has 3 saturated carbocycles. The Hall–Kier alpha value is -0.920. The van der Waals surface area contributed by atoms with Crippen molar-refractivity contribution in [3.05, 3.63) is 12.2 Å². The molecule has 1 spiro atoms. The number of carbonyl (C=O) groups is 2. The molecule has 0 aromatic carbocycles. The topological polar surface area (TPSA) is 34.1 Å². The third kappa shape index (κ3) is 1.08. The minimum atomic E-state index is -0.187. The van der Waals surface area contributed by atoms with Crippen molar-refractivity contribution in [2.24, 2.45) is 23.2 Å². The molecule has 0 aromatic rings. The van der Waals surface area contributed by atoms with Crippen molar-refractivity contribution in [3.8, 4) is 0 Å². The van der Waals surface area contributed by atoms with E-state index >= 15 is 0 Å². The Labute approximate surface area is 96.1 Å². The zero-order valence-corrected chi connectivity index (χ0v) is 9.79. The molecule has 0 aliphatic heterocycles. The zero-order valence-electron chi connectivity index (χ0n) is 9.79. The summed E-state index contributed by atoms with van der Waals surface area (Å²) in [6, 6.07) is 0. The molecular weight excluding hydrogens is 200 g/mol. The van der Waals surface area contributed by atoms with Crippen LogP contribution in [0.15, 0.2) is 12.2 Å². The van der Waals surface area contributed by atoms with Gasteiger partial charge in [0.25, 0.3) is 0 Å². The first-order chi connectivity index (χ1) is 7.54. The number of rotatable bonds is 0. The molecule has 0 radical (unpaired) electrons. The van der Waals surface area contributed by atoms with Crippen molar-refractivity contribution < 1.29 is 9.59 Å². The minimum absolute atomic E-state index is 0.00509. The van der Waals surface area contributed by atoms with Gasteiger partial charge in [-0.25, -0.2) is 0 Å². The summed E-state index contributed by atoms with van der Waals surface area (Å²) < 4.78 is 0. The Morgan fingerprint density at radius 2 is 2.12 bits per heavy atom. The SMILES string of the molecule is C=C1C[C@]23C[C@H]1C(=O)CC2[C@H](C)CCC3=O. The van der Waals surface area contributed by atoms with Gasteiger partial charge in [0, 0.05) is 24.2 Å². The highest BCUT2D eigenvalue weighted by Gasteiger charge is 2.59. The van der Waals surface area contributed by atoms with Crippen molar-refractivity contribution in [2.75, 3.05) is 0 Å². The first-order valence-corrected chi connectivity index (χ1v) is 6.28. The van der Waals surface area contributed by atoms with Crippen LogP contribution in [0.1, 0.15) is 39.0 Å². The fourth-order valence-electron chi connectivity index (χ4n) is 4.26. The van der Waals surface area contributed by atoms with Gasteiger partial charge in [0.05, 0.1) is 0 Å². The van der Waals surface area contributed by atoms with E-state index in [0.29, 0.717) is 36.2 Å². The predicted octanol–water partition coefficient (Wildman–Crippen LogP) is 2.53. The Kier molecular flexibility index (Phi) is 1.96. The molecule has 2 bridgehead atoms. The summed E-state index contributed by atoms with van der Waals surface area (Å²) >= 11 is 0. The molecule has 3 aliphatic carbocycles. The molecule has 86 valence electrons. The number of Topliss-reactive ketones (excluding diaryl/α,β-unsaturated/α-hetero) is 2. The molecule has 2 heteroatoms. The van der Waals surface area contributed by atoms with Crippen LogP contribution in [0, 0.1) is 23.2 Å². The van der Waals surface area contributed by atoms with Gasteiger partial charge < -0.3 is 0 Å². The van der Waals surface area contributed by atoms with Gasteiger partial charge in [-0.05, 0) is 31.1 Å². The molecule has 2 nitrogen and oxygen atoms in total. The van der Waals surface area contributed by atoms with E-state index in [1.54, 1.807) is 0 Å². The van der Waals surface area contributed by atoms with Crippen LogP contribution in [0.3, 0.4) is 0 Å². The predicted molar refractivity (Wildman–Crippen MR) is 60.8 cm³/mol. The van der Waals surface area contributed by atoms with E-state index in [-0.39, 0.29) is 11.3 Å². The maximum Gasteiger partial charge on any atom is 0.140 e. The molecule has 0 aromatic heterocycles. The van der Waals surface area contributed by atoms with E-state index in [1.165, 1.54) is 0 Å². The van der Waals surface area contributed by atoms with E-state index < -0.39 is 0 Å². The quantitative estimate of drug-likeness (QED) is 0.585. The van der Waals surface area contributed by atoms with E-state index in [1.807, 2.05) is 0 Å². The largest absolute Gasteiger partial charge is 0.299 e. The molecule has 3 aliphatic rings. The van der Waals surface area contributed by atoms with Crippen LogP contribution < -0.4 is 0 Å². The molecule has 0 heterocycles. The Morgan fingerprint density at radius 1 is 1.38 bits per heavy atom. The maximum atomic E-state index is 12.3. The van der Waals surface area contributed by atoms with Crippen molar-refractivity contribution in [3.63, 3.8) is 0 Å². The van der Waals surface area contributed by atoms with E-state index in [4.69, 9.17) is 0 Å². The molecule has 3 rings (SSSR count). The molecule has 0 N–H and O–H groups in total. The fraction of sp³-hybridized carbons (Fsp3) is 0.714. The van der Waals surface area contributed by atoms with Crippen molar-refractivity contribution in [1.29, 1.82) is 0 Å². The van der Waals surface area contributed by atoms with Gasteiger partial charge in [0.1, 0.15) is 11.6 Å². The summed E-state index contributed by atoms with van der Waals surface area (Å²) in [6.07, 6.45) is 3.87. The van der Waals surface area contributed by atoms with Gasteiger partial charge >= 0.3 is 0 Å². The lowest BCUT2D eigenvalue weighted by Gasteiger charge is -2.45. The Bertz CT molecular complexity index is 396. The summed E-state index contributed by atoms with van der Waals surface area (Å²) in [5.41, 5.74) is 0.836. The minimum Gasteiger partial charge on any atom is -0.299 e. The highest BCUT2D eigenvalue weighted by molar-refractivity contribution is 5.94. The Balaban J connectivity index is 2.07. The highest BCUT2D eigenvalue weighted by Crippen LogP contribution is 2.60. The Morgan fingerprint density at radius 3 is 2.88 bits per heavy atom. The lowest BCUT2D eigenvalue weighted by Crippen LogP contribution is -2.47. The average Bonchev–Trinajstić information content (AvgIpc) is 2.54. The van der Waals surface area contributed by atoms with Crippen LogP contribution >= 0.6 is 0 Å². The fourth-order valence-corrected chi connectivity index (χ4v) is 4.26. The third-order valence-corrected chi connectivity index (χ3v) is 5.19. The number of hydrogen-bond acceptors (Lipinski definition) is 2. The molecule has 0 amide bonds. The zero-order chi connectivity index (χ0) is 11.5. The lowest BCUT2D eigenvalue weighted by atomic mass is 9.56. The average molecular weight is 218 g/mol. The number of hydrogen-bond donors (Lipinski definition) is 0. The second kappa shape index (κ2) is 3.06. The number of ketones is 2. The van der Waals surface area contributed by atoms with Crippen LogP contribution in [0.4, 0.5) is 0 Å². The van der Waals surface area contributed by atoms with Crippen LogP contribution in [0.25, 0.3) is 0 Å². The lowest BCUT2D eigenvalue weighted by molar-refractivity contribution is -0.143. The van der Waals surface area contributed by atoms with Gasteiger partial charge in [-0.15, -0.1) is 0 Å². The standard InChI is InChI=1S/C14H18O2/c1-8-3-4-13(16)14-6-9(2)10(7-14)12(15)5-11(8)14/h8,10-11H,2-7H2,1H3/t8-,10-,11?,14+/m1/s1. The number of carbonyl (C=O) groups excluding carboxylic acids is 2. The summed E-state index contributed by atoms with van der Waals surface area (Å²) in [4.78, 5) is 24.2. The molecule has 3 fully saturated rings. The first kappa shape index (κ1) is 10.2. The van der Waals surface area contributed by atoms with Crippen molar-refractivity contribution in [1.82, 2.24) is 0 Å². The molecule has 1 unspecified atom stereocenters. The molecular formula is C14H18O2. The smallest absolute Gasteiger partial charge is 0.140 e. The summed E-state index contributed by atoms with van der Waals surface area (Å²) in [6.45, 7) is 6.22. The van der Waals surface area contributed by atoms with Crippen LogP contribution in [0.2, 0.25) is 0 Å². The van der Waals surface area contributed by atoms with E-state index in [0.717, 1.165) is 24.8 Å². The summed E-state index contributed by atoms with van der Waals surface area (Å²) in [7, 11) is 0. The first-order valence-electron chi connectivity index (χ1n) is 6.28. The second-order valence-corrected chi connectivity index (χ2v) is 5.96. The molecule has 16 heavy (non-hydrogen) atoms. The van der Waals surface area contributed by atoms with Gasteiger partial charge in [0.15, 0.2) is 0 Å². The number of allylic oxidation sites excluding steroid dienone is 1.